The van der Waals surface area contributed by atoms with E-state index in [9.17, 15) is 22.8 Å². The van der Waals surface area contributed by atoms with E-state index in [-0.39, 0.29) is 30.5 Å². The van der Waals surface area contributed by atoms with Crippen molar-refractivity contribution >= 4 is 23.4 Å². The Morgan fingerprint density at radius 2 is 1.93 bits per heavy atom. The number of anilines is 2. The van der Waals surface area contributed by atoms with E-state index in [1.807, 2.05) is 13.8 Å². The molecule has 0 aliphatic heterocycles. The molecule has 0 spiro atoms. The molecule has 2 aromatic rings. The van der Waals surface area contributed by atoms with Gasteiger partial charge in [-0.05, 0) is 37.5 Å². The molecule has 2 rings (SSSR count). The van der Waals surface area contributed by atoms with Crippen LogP contribution < -0.4 is 10.6 Å². The second-order valence-corrected chi connectivity index (χ2v) is 6.98. The summed E-state index contributed by atoms with van der Waals surface area (Å²) in [4.78, 5) is 26.1. The molecule has 0 saturated heterocycles. The van der Waals surface area contributed by atoms with Gasteiger partial charge in [-0.15, -0.1) is 0 Å². The van der Waals surface area contributed by atoms with Crippen LogP contribution in [0.15, 0.2) is 34.9 Å². The number of aryl methyl sites for hydroxylation is 1. The molecular formula is C19H23F3N4O3. The van der Waals surface area contributed by atoms with Crippen molar-refractivity contribution in [3.63, 3.8) is 0 Å². The Morgan fingerprint density at radius 3 is 2.52 bits per heavy atom. The lowest BCUT2D eigenvalue weighted by Crippen LogP contribution is -2.41. The summed E-state index contributed by atoms with van der Waals surface area (Å²) >= 11 is 0. The fourth-order valence-electron chi connectivity index (χ4n) is 2.42. The lowest BCUT2D eigenvalue weighted by atomic mass is 10.1. The predicted octanol–water partition coefficient (Wildman–Crippen LogP) is 4.52. The van der Waals surface area contributed by atoms with Crippen molar-refractivity contribution < 1.29 is 27.3 Å². The number of rotatable bonds is 7. The summed E-state index contributed by atoms with van der Waals surface area (Å²) < 4.78 is 43.5. The molecule has 0 fully saturated rings. The Morgan fingerprint density at radius 1 is 1.21 bits per heavy atom. The molecule has 0 aliphatic rings. The van der Waals surface area contributed by atoms with Crippen LogP contribution in [0.1, 0.15) is 31.6 Å². The van der Waals surface area contributed by atoms with Gasteiger partial charge in [0, 0.05) is 18.3 Å². The molecule has 29 heavy (non-hydrogen) atoms. The lowest BCUT2D eigenvalue weighted by Gasteiger charge is -2.23. The van der Waals surface area contributed by atoms with Gasteiger partial charge in [0.15, 0.2) is 5.82 Å². The molecular weight excluding hydrogens is 389 g/mol. The van der Waals surface area contributed by atoms with Crippen LogP contribution in [0.4, 0.5) is 29.5 Å². The third-order valence-corrected chi connectivity index (χ3v) is 3.93. The highest BCUT2D eigenvalue weighted by molar-refractivity contribution is 5.96. The highest BCUT2D eigenvalue weighted by Crippen LogP contribution is 2.30. The normalized spacial score (nSPS) is 11.4. The minimum atomic E-state index is -4.52. The number of nitrogens with one attached hydrogen (secondary N) is 2. The first kappa shape index (κ1) is 22.3. The SMILES string of the molecule is Cc1cc(NC(=O)CN(CCC(C)C)C(=O)Nc2cccc(C(F)(F)F)c2)no1. The number of hydrogen-bond acceptors (Lipinski definition) is 4. The van der Waals surface area contributed by atoms with Gasteiger partial charge in [0.1, 0.15) is 12.3 Å². The zero-order valence-corrected chi connectivity index (χ0v) is 16.3. The van der Waals surface area contributed by atoms with E-state index >= 15 is 0 Å². The largest absolute Gasteiger partial charge is 0.416 e. The molecule has 0 unspecified atom stereocenters. The molecule has 7 nitrogen and oxygen atoms in total. The number of amides is 3. The van der Waals surface area contributed by atoms with Gasteiger partial charge in [0.25, 0.3) is 0 Å². The van der Waals surface area contributed by atoms with E-state index in [0.29, 0.717) is 12.2 Å². The first-order valence-electron chi connectivity index (χ1n) is 9.01. The molecule has 0 bridgehead atoms. The molecule has 1 aromatic heterocycles. The average Bonchev–Trinajstić information content (AvgIpc) is 3.02. The van der Waals surface area contributed by atoms with Gasteiger partial charge in [-0.25, -0.2) is 4.79 Å². The molecule has 158 valence electrons. The summed E-state index contributed by atoms with van der Waals surface area (Å²) in [6, 6.07) is 5.18. The average molecular weight is 412 g/mol. The summed E-state index contributed by atoms with van der Waals surface area (Å²) in [5, 5.41) is 8.59. The number of carbonyl (C=O) groups excluding carboxylic acids is 2. The van der Waals surface area contributed by atoms with Gasteiger partial charge >= 0.3 is 12.2 Å². The molecule has 0 radical (unpaired) electrons. The van der Waals surface area contributed by atoms with Crippen LogP contribution in [0.25, 0.3) is 0 Å². The molecule has 0 saturated carbocycles. The van der Waals surface area contributed by atoms with E-state index in [1.54, 1.807) is 6.92 Å². The van der Waals surface area contributed by atoms with Gasteiger partial charge in [-0.3, -0.25) is 4.79 Å². The molecule has 0 atom stereocenters. The van der Waals surface area contributed by atoms with Gasteiger partial charge in [0.05, 0.1) is 5.56 Å². The summed E-state index contributed by atoms with van der Waals surface area (Å²) in [6.07, 6.45) is -3.90. The number of aromatic nitrogens is 1. The molecule has 3 amide bonds. The molecule has 2 N–H and O–H groups in total. The van der Waals surface area contributed by atoms with Crippen molar-refractivity contribution in [3.8, 4) is 0 Å². The lowest BCUT2D eigenvalue weighted by molar-refractivity contribution is -0.137. The number of benzene rings is 1. The second kappa shape index (κ2) is 9.44. The monoisotopic (exact) mass is 412 g/mol. The summed E-state index contributed by atoms with van der Waals surface area (Å²) in [5.74, 6) is 0.496. The van der Waals surface area contributed by atoms with Crippen LogP contribution in [0.5, 0.6) is 0 Å². The van der Waals surface area contributed by atoms with Crippen LogP contribution in [0.2, 0.25) is 0 Å². The molecule has 1 heterocycles. The molecule has 0 aliphatic carbocycles. The summed E-state index contributed by atoms with van der Waals surface area (Å²) in [5.41, 5.74) is -0.880. The van der Waals surface area contributed by atoms with Crippen molar-refractivity contribution in [3.05, 3.63) is 41.7 Å². The third-order valence-electron chi connectivity index (χ3n) is 3.93. The third kappa shape index (κ3) is 7.13. The molecule has 10 heteroatoms. The standard InChI is InChI=1S/C19H23F3N4O3/c1-12(2)7-8-26(11-17(27)24-16-9-13(3)29-25-16)18(28)23-15-6-4-5-14(10-15)19(20,21)22/h4-6,9-10,12H,7-8,11H2,1-3H3,(H,23,28)(H,24,25,27). The Balaban J connectivity index is 2.07. The van der Waals surface area contributed by atoms with Crippen LogP contribution in [0.3, 0.4) is 0 Å². The Bertz CT molecular complexity index is 849. The van der Waals surface area contributed by atoms with Gasteiger partial charge < -0.3 is 20.1 Å². The fraction of sp³-hybridized carbons (Fsp3) is 0.421. The quantitative estimate of drug-likeness (QED) is 0.700. The molecule has 1 aromatic carbocycles. The van der Waals surface area contributed by atoms with Crippen molar-refractivity contribution in [2.24, 2.45) is 5.92 Å². The van der Waals surface area contributed by atoms with E-state index in [4.69, 9.17) is 4.52 Å². The number of alkyl halides is 3. The number of carbonyl (C=O) groups is 2. The van der Waals surface area contributed by atoms with E-state index in [1.165, 1.54) is 23.1 Å². The van der Waals surface area contributed by atoms with Crippen LogP contribution in [-0.2, 0) is 11.0 Å². The number of halogens is 3. The topological polar surface area (TPSA) is 87.5 Å². The van der Waals surface area contributed by atoms with Gasteiger partial charge in [0.2, 0.25) is 5.91 Å². The van der Waals surface area contributed by atoms with Crippen molar-refractivity contribution in [1.29, 1.82) is 0 Å². The van der Waals surface area contributed by atoms with E-state index < -0.39 is 23.7 Å². The predicted molar refractivity (Wildman–Crippen MR) is 101 cm³/mol. The minimum absolute atomic E-state index is 0.00749. The maximum Gasteiger partial charge on any atom is 0.416 e. The zero-order chi connectivity index (χ0) is 21.6. The van der Waals surface area contributed by atoms with Crippen LogP contribution in [0, 0.1) is 12.8 Å². The second-order valence-electron chi connectivity index (χ2n) is 6.98. The van der Waals surface area contributed by atoms with Gasteiger partial charge in [-0.1, -0.05) is 25.1 Å². The van der Waals surface area contributed by atoms with Crippen LogP contribution >= 0.6 is 0 Å². The number of urea groups is 1. The Hall–Kier alpha value is -3.04. The number of hydrogen-bond donors (Lipinski definition) is 2. The van der Waals surface area contributed by atoms with E-state index in [0.717, 1.165) is 12.1 Å². The fourth-order valence-corrected chi connectivity index (χ4v) is 2.42. The Kier molecular flexibility index (Phi) is 7.24. The maximum absolute atomic E-state index is 12.9. The highest BCUT2D eigenvalue weighted by Gasteiger charge is 2.30. The van der Waals surface area contributed by atoms with E-state index in [2.05, 4.69) is 15.8 Å². The number of nitrogens with zero attached hydrogens (tertiary/aromatic N) is 2. The zero-order valence-electron chi connectivity index (χ0n) is 16.3. The smallest absolute Gasteiger partial charge is 0.360 e. The summed E-state index contributed by atoms with van der Waals surface area (Å²) in [6.45, 7) is 5.56. The Labute approximate surface area is 166 Å². The summed E-state index contributed by atoms with van der Waals surface area (Å²) in [7, 11) is 0. The van der Waals surface area contributed by atoms with Gasteiger partial charge in [-0.2, -0.15) is 13.2 Å². The highest BCUT2D eigenvalue weighted by atomic mass is 19.4. The van der Waals surface area contributed by atoms with Crippen LogP contribution in [-0.4, -0.2) is 35.1 Å². The van der Waals surface area contributed by atoms with Crippen molar-refractivity contribution in [2.75, 3.05) is 23.7 Å². The van der Waals surface area contributed by atoms with Crippen molar-refractivity contribution in [2.45, 2.75) is 33.4 Å². The maximum atomic E-state index is 12.9. The first-order valence-corrected chi connectivity index (χ1v) is 9.01. The first-order chi connectivity index (χ1) is 13.5. The van der Waals surface area contributed by atoms with Crippen molar-refractivity contribution in [1.82, 2.24) is 10.1 Å². The minimum Gasteiger partial charge on any atom is -0.360 e.